The molecule has 0 aliphatic carbocycles. The van der Waals surface area contributed by atoms with Crippen molar-refractivity contribution in [3.8, 4) is 0 Å². The average molecular weight is 302 g/mol. The highest BCUT2D eigenvalue weighted by Gasteiger charge is 2.12. The lowest BCUT2D eigenvalue weighted by Crippen LogP contribution is -2.04. The Kier molecular flexibility index (Phi) is 6.10. The molecule has 0 amide bonds. The van der Waals surface area contributed by atoms with E-state index in [0.717, 1.165) is 7.11 Å². The molecule has 1 N–H and O–H groups in total. The van der Waals surface area contributed by atoms with Gasteiger partial charge >= 0.3 is 5.97 Å². The number of benzene rings is 1. The molecule has 20 heavy (non-hydrogen) atoms. The Bertz CT molecular complexity index is 526. The quantitative estimate of drug-likeness (QED) is 0.293. The molecule has 0 aromatic heterocycles. The lowest BCUT2D eigenvalue weighted by atomic mass is 10.3. The molecule has 0 aliphatic heterocycles. The highest BCUT2D eigenvalue weighted by atomic mass is 32.2. The maximum atomic E-state index is 12.1. The number of carbonyl (C=O) groups excluding carboxylic acids is 1. The molecule has 0 aliphatic rings. The number of carbonyl (C=O) groups is 1. The van der Waals surface area contributed by atoms with Gasteiger partial charge in [0.05, 0.1) is 12.8 Å². The molecule has 0 fully saturated rings. The van der Waals surface area contributed by atoms with Crippen LogP contribution in [-0.4, -0.2) is 23.9 Å². The smallest absolute Gasteiger partial charge is 0.362 e. The number of allylic oxidation sites excluding steroid dienone is 1. The van der Waals surface area contributed by atoms with Crippen LogP contribution in [-0.2, 0) is 9.53 Å². The van der Waals surface area contributed by atoms with Gasteiger partial charge in [-0.25, -0.2) is 4.79 Å². The number of nitrogens with zero attached hydrogens (tertiary/aromatic N) is 2. The van der Waals surface area contributed by atoms with E-state index >= 15 is 0 Å². The van der Waals surface area contributed by atoms with Crippen LogP contribution in [0.3, 0.4) is 0 Å². The summed E-state index contributed by atoms with van der Waals surface area (Å²) in [5.41, 5.74) is 0.0322. The van der Waals surface area contributed by atoms with Gasteiger partial charge in [-0.15, -0.1) is 5.11 Å². The summed E-state index contributed by atoms with van der Waals surface area (Å²) in [6, 6.07) is 5.85. The van der Waals surface area contributed by atoms with Gasteiger partial charge in [-0.2, -0.15) is 13.9 Å². The first-order chi connectivity index (χ1) is 9.43. The van der Waals surface area contributed by atoms with Crippen molar-refractivity contribution in [3.05, 3.63) is 35.7 Å². The predicted molar refractivity (Wildman–Crippen MR) is 70.2 cm³/mol. The van der Waals surface area contributed by atoms with Crippen LogP contribution in [0.25, 0.3) is 0 Å². The number of hydrogen-bond acceptors (Lipinski definition) is 6. The van der Waals surface area contributed by atoms with Gasteiger partial charge in [0.1, 0.15) is 5.76 Å². The van der Waals surface area contributed by atoms with Gasteiger partial charge in [0, 0.05) is 4.90 Å². The molecule has 0 heterocycles. The number of aliphatic hydroxyl groups excluding tert-OH is 1. The molecule has 0 unspecified atom stereocenters. The van der Waals surface area contributed by atoms with Crippen molar-refractivity contribution in [1.29, 1.82) is 0 Å². The van der Waals surface area contributed by atoms with Gasteiger partial charge in [0.25, 0.3) is 5.76 Å². The molecular weight excluding hydrogens is 290 g/mol. The lowest BCUT2D eigenvalue weighted by Gasteiger charge is -2.01. The molecular formula is C12H12F2N2O3S. The van der Waals surface area contributed by atoms with Crippen molar-refractivity contribution in [3.63, 3.8) is 0 Å². The summed E-state index contributed by atoms with van der Waals surface area (Å²) in [6.07, 6.45) is 0. The molecule has 0 saturated heterocycles. The van der Waals surface area contributed by atoms with Crippen molar-refractivity contribution in [2.75, 3.05) is 7.11 Å². The van der Waals surface area contributed by atoms with E-state index in [1.165, 1.54) is 31.2 Å². The number of thioether (sulfide) groups is 1. The van der Waals surface area contributed by atoms with Crippen LogP contribution < -0.4 is 0 Å². The number of esters is 1. The van der Waals surface area contributed by atoms with Gasteiger partial charge < -0.3 is 9.84 Å². The van der Waals surface area contributed by atoms with E-state index in [-0.39, 0.29) is 11.5 Å². The molecule has 0 bridgehead atoms. The summed E-state index contributed by atoms with van der Waals surface area (Å²) in [5.74, 6) is -3.64. The summed E-state index contributed by atoms with van der Waals surface area (Å²) in [5, 5.41) is 16.6. The molecule has 0 radical (unpaired) electrons. The third kappa shape index (κ3) is 4.96. The second-order valence-electron chi connectivity index (χ2n) is 3.50. The fourth-order valence-electron chi connectivity index (χ4n) is 1.16. The average Bonchev–Trinajstić information content (AvgIpc) is 2.39. The SMILES string of the molecule is COC(=O)/C(N=Nc1ccc(SC(F)F)cc1)=C(/C)O. The van der Waals surface area contributed by atoms with Crippen LogP contribution in [0.15, 0.2) is 50.8 Å². The highest BCUT2D eigenvalue weighted by molar-refractivity contribution is 7.99. The van der Waals surface area contributed by atoms with E-state index in [1.54, 1.807) is 0 Å². The van der Waals surface area contributed by atoms with Gasteiger partial charge in [-0.05, 0) is 31.2 Å². The molecule has 5 nitrogen and oxygen atoms in total. The number of halogens is 2. The minimum atomic E-state index is -2.49. The zero-order valence-corrected chi connectivity index (χ0v) is 11.5. The monoisotopic (exact) mass is 302 g/mol. The molecule has 0 spiro atoms. The van der Waals surface area contributed by atoms with Gasteiger partial charge in [0.2, 0.25) is 5.70 Å². The minimum absolute atomic E-state index is 0.321. The minimum Gasteiger partial charge on any atom is -0.510 e. The predicted octanol–water partition coefficient (Wildman–Crippen LogP) is 4.05. The zero-order chi connectivity index (χ0) is 15.1. The first-order valence-corrected chi connectivity index (χ1v) is 6.26. The normalized spacial score (nSPS) is 12.7. The number of methoxy groups -OCH3 is 1. The van der Waals surface area contributed by atoms with Crippen molar-refractivity contribution in [1.82, 2.24) is 0 Å². The molecule has 0 atom stereocenters. The maximum Gasteiger partial charge on any atom is 0.362 e. The number of aliphatic hydroxyl groups is 1. The molecule has 1 aromatic carbocycles. The van der Waals surface area contributed by atoms with Crippen LogP contribution in [0.5, 0.6) is 0 Å². The summed E-state index contributed by atoms with van der Waals surface area (Å²) in [6.45, 7) is 1.27. The number of azo groups is 1. The molecule has 1 rings (SSSR count). The summed E-state index contributed by atoms with van der Waals surface area (Å²) in [4.78, 5) is 11.7. The van der Waals surface area contributed by atoms with Crippen molar-refractivity contribution < 1.29 is 23.4 Å². The Morgan fingerprint density at radius 3 is 2.40 bits per heavy atom. The second kappa shape index (κ2) is 7.59. The molecule has 8 heteroatoms. The number of alkyl halides is 2. The first kappa shape index (κ1) is 16.1. The fourth-order valence-corrected chi connectivity index (χ4v) is 1.66. The van der Waals surface area contributed by atoms with E-state index < -0.39 is 11.7 Å². The Balaban J connectivity index is 2.84. The summed E-state index contributed by atoms with van der Waals surface area (Å²) in [7, 11) is 1.15. The molecule has 108 valence electrons. The molecule has 0 saturated carbocycles. The van der Waals surface area contributed by atoms with Crippen molar-refractivity contribution in [2.45, 2.75) is 17.6 Å². The Morgan fingerprint density at radius 2 is 1.95 bits per heavy atom. The zero-order valence-electron chi connectivity index (χ0n) is 10.7. The van der Waals surface area contributed by atoms with Gasteiger partial charge in [0.15, 0.2) is 0 Å². The van der Waals surface area contributed by atoms with Crippen LogP contribution in [0.4, 0.5) is 14.5 Å². The standard InChI is InChI=1S/C12H12F2N2O3S/c1-7(17)10(11(18)19-2)16-15-8-3-5-9(6-4-8)20-12(13)14/h3-6,12,17H,1-2H3/b10-7+,16-15?. The van der Waals surface area contributed by atoms with E-state index in [1.807, 2.05) is 0 Å². The van der Waals surface area contributed by atoms with E-state index in [9.17, 15) is 18.7 Å². The van der Waals surface area contributed by atoms with E-state index in [0.29, 0.717) is 22.3 Å². The second-order valence-corrected chi connectivity index (χ2v) is 4.56. The van der Waals surface area contributed by atoms with Crippen LogP contribution in [0, 0.1) is 0 Å². The van der Waals surface area contributed by atoms with Gasteiger partial charge in [-0.1, -0.05) is 11.8 Å². The third-order valence-electron chi connectivity index (χ3n) is 2.05. The number of hydrogen-bond donors (Lipinski definition) is 1. The number of ether oxygens (including phenoxy) is 1. The van der Waals surface area contributed by atoms with E-state index in [4.69, 9.17) is 0 Å². The lowest BCUT2D eigenvalue weighted by molar-refractivity contribution is -0.136. The first-order valence-electron chi connectivity index (χ1n) is 5.38. The number of rotatable bonds is 5. The summed E-state index contributed by atoms with van der Waals surface area (Å²) >= 11 is 0.416. The fraction of sp³-hybridized carbons (Fsp3) is 0.250. The van der Waals surface area contributed by atoms with E-state index in [2.05, 4.69) is 15.0 Å². The third-order valence-corrected chi connectivity index (χ3v) is 2.77. The molecule has 1 aromatic rings. The Labute approximate surface area is 118 Å². The van der Waals surface area contributed by atoms with Crippen LogP contribution in [0.2, 0.25) is 0 Å². The van der Waals surface area contributed by atoms with Crippen LogP contribution >= 0.6 is 11.8 Å². The topological polar surface area (TPSA) is 71.2 Å². The maximum absolute atomic E-state index is 12.1. The highest BCUT2D eigenvalue weighted by Crippen LogP contribution is 2.27. The largest absolute Gasteiger partial charge is 0.510 e. The van der Waals surface area contributed by atoms with Crippen molar-refractivity contribution in [2.24, 2.45) is 10.2 Å². The Morgan fingerprint density at radius 1 is 1.35 bits per heavy atom. The van der Waals surface area contributed by atoms with Crippen LogP contribution in [0.1, 0.15) is 6.92 Å². The summed E-state index contributed by atoms with van der Waals surface area (Å²) < 4.78 is 28.7. The Hall–Kier alpha value is -1.96. The van der Waals surface area contributed by atoms with Gasteiger partial charge in [-0.3, -0.25) is 0 Å². The van der Waals surface area contributed by atoms with Crippen molar-refractivity contribution >= 4 is 23.4 Å².